The minimum atomic E-state index is -0.258. The van der Waals surface area contributed by atoms with Crippen LogP contribution < -0.4 is 5.73 Å². The van der Waals surface area contributed by atoms with Crippen molar-refractivity contribution < 1.29 is 5.11 Å². The highest BCUT2D eigenvalue weighted by Gasteiger charge is 2.56. The topological polar surface area (TPSA) is 46.2 Å². The summed E-state index contributed by atoms with van der Waals surface area (Å²) in [6, 6.07) is 8.20. The highest BCUT2D eigenvalue weighted by atomic mass is 79.9. The lowest BCUT2D eigenvalue weighted by Crippen LogP contribution is -2.29. The summed E-state index contributed by atoms with van der Waals surface area (Å²) in [6.07, 6.45) is 3.71. The van der Waals surface area contributed by atoms with Gasteiger partial charge in [0.25, 0.3) is 0 Å². The number of benzene rings is 1. The highest BCUT2D eigenvalue weighted by Crippen LogP contribution is 2.60. The Hall–Kier alpha value is -0.380. The van der Waals surface area contributed by atoms with Gasteiger partial charge >= 0.3 is 0 Å². The fourth-order valence-electron chi connectivity index (χ4n) is 3.83. The first kappa shape index (κ1) is 12.6. The monoisotopic (exact) mass is 309 g/mol. The van der Waals surface area contributed by atoms with Crippen LogP contribution in [-0.4, -0.2) is 17.8 Å². The molecule has 0 radical (unpaired) electrons. The van der Waals surface area contributed by atoms with Crippen molar-refractivity contribution in [2.24, 2.45) is 23.5 Å². The molecule has 0 bridgehead atoms. The molecule has 1 aromatic carbocycles. The van der Waals surface area contributed by atoms with Gasteiger partial charge in [-0.15, -0.1) is 0 Å². The van der Waals surface area contributed by atoms with Crippen LogP contribution in [0.2, 0.25) is 0 Å². The van der Waals surface area contributed by atoms with Gasteiger partial charge in [-0.1, -0.05) is 34.5 Å². The number of rotatable bonds is 4. The number of hydrogen-bond donors (Lipinski definition) is 2. The summed E-state index contributed by atoms with van der Waals surface area (Å²) >= 11 is 3.44. The highest BCUT2D eigenvalue weighted by molar-refractivity contribution is 9.10. The van der Waals surface area contributed by atoms with Crippen LogP contribution in [-0.2, 0) is 0 Å². The van der Waals surface area contributed by atoms with Crippen LogP contribution in [0.4, 0.5) is 0 Å². The van der Waals surface area contributed by atoms with E-state index in [1.165, 1.54) is 19.3 Å². The molecule has 98 valence electrons. The van der Waals surface area contributed by atoms with Crippen molar-refractivity contribution in [2.45, 2.75) is 31.3 Å². The second-order valence-electron chi connectivity index (χ2n) is 5.72. The lowest BCUT2D eigenvalue weighted by molar-refractivity contribution is 0.108. The van der Waals surface area contributed by atoms with E-state index in [9.17, 15) is 5.11 Å². The SMILES string of the molecule is NCC(c1ccc(Br)cc1)C(O)C1C2CCCC21. The first-order valence-corrected chi connectivity index (χ1v) is 7.65. The average Bonchev–Trinajstić information content (AvgIpc) is 2.86. The number of aliphatic hydroxyl groups is 1. The van der Waals surface area contributed by atoms with Crippen LogP contribution in [0.3, 0.4) is 0 Å². The maximum atomic E-state index is 10.6. The third-order valence-electron chi connectivity index (χ3n) is 4.83. The molecule has 4 atom stereocenters. The molecule has 2 saturated carbocycles. The van der Waals surface area contributed by atoms with E-state index in [-0.39, 0.29) is 12.0 Å². The standard InChI is InChI=1S/C15H20BrNO/c16-10-6-4-9(5-7-10)13(8-17)15(18)14-11-2-1-3-12(11)14/h4-7,11-15,18H,1-3,8,17H2. The lowest BCUT2D eigenvalue weighted by Gasteiger charge is -2.23. The molecule has 3 N–H and O–H groups in total. The Kier molecular flexibility index (Phi) is 3.48. The fraction of sp³-hybridized carbons (Fsp3) is 0.600. The molecule has 0 saturated heterocycles. The summed E-state index contributed by atoms with van der Waals surface area (Å²) in [4.78, 5) is 0. The summed E-state index contributed by atoms with van der Waals surface area (Å²) < 4.78 is 1.07. The number of nitrogens with two attached hydrogens (primary N) is 1. The molecule has 3 heteroatoms. The van der Waals surface area contributed by atoms with Crippen molar-refractivity contribution >= 4 is 15.9 Å². The number of aliphatic hydroxyl groups excluding tert-OH is 1. The normalized spacial score (nSPS) is 32.9. The van der Waals surface area contributed by atoms with Crippen LogP contribution >= 0.6 is 15.9 Å². The zero-order valence-corrected chi connectivity index (χ0v) is 12.0. The minimum Gasteiger partial charge on any atom is -0.392 e. The first-order valence-electron chi connectivity index (χ1n) is 6.86. The van der Waals surface area contributed by atoms with Crippen LogP contribution in [0.5, 0.6) is 0 Å². The van der Waals surface area contributed by atoms with Crippen molar-refractivity contribution in [1.82, 2.24) is 0 Å². The van der Waals surface area contributed by atoms with E-state index in [2.05, 4.69) is 28.1 Å². The van der Waals surface area contributed by atoms with Gasteiger partial charge in [-0.2, -0.15) is 0 Å². The Morgan fingerprint density at radius 2 is 1.83 bits per heavy atom. The van der Waals surface area contributed by atoms with E-state index in [0.29, 0.717) is 12.5 Å². The number of hydrogen-bond acceptors (Lipinski definition) is 2. The molecule has 0 amide bonds. The molecule has 0 aromatic heterocycles. The second-order valence-corrected chi connectivity index (χ2v) is 6.64. The van der Waals surface area contributed by atoms with E-state index in [4.69, 9.17) is 5.73 Å². The van der Waals surface area contributed by atoms with Crippen LogP contribution in [0.1, 0.15) is 30.7 Å². The molecule has 0 spiro atoms. The van der Waals surface area contributed by atoms with E-state index < -0.39 is 0 Å². The van der Waals surface area contributed by atoms with Crippen molar-refractivity contribution in [2.75, 3.05) is 6.54 Å². The Labute approximate surface area is 117 Å². The molecule has 2 aliphatic carbocycles. The zero-order chi connectivity index (χ0) is 12.7. The molecule has 2 nitrogen and oxygen atoms in total. The largest absolute Gasteiger partial charge is 0.392 e. The summed E-state index contributed by atoms with van der Waals surface area (Å²) in [5.74, 6) is 2.17. The molecule has 2 aliphatic rings. The Balaban J connectivity index is 1.74. The fourth-order valence-corrected chi connectivity index (χ4v) is 4.10. The third kappa shape index (κ3) is 2.13. The molecular formula is C15H20BrNO. The van der Waals surface area contributed by atoms with Gasteiger partial charge < -0.3 is 10.8 Å². The summed E-state index contributed by atoms with van der Waals surface area (Å²) in [6.45, 7) is 0.527. The Morgan fingerprint density at radius 1 is 1.22 bits per heavy atom. The third-order valence-corrected chi connectivity index (χ3v) is 5.36. The maximum absolute atomic E-state index is 10.6. The van der Waals surface area contributed by atoms with Gasteiger partial charge in [-0.05, 0) is 48.3 Å². The van der Waals surface area contributed by atoms with Crippen LogP contribution in [0.25, 0.3) is 0 Å². The molecule has 18 heavy (non-hydrogen) atoms. The van der Waals surface area contributed by atoms with Crippen molar-refractivity contribution in [3.63, 3.8) is 0 Å². The number of halogens is 1. The zero-order valence-electron chi connectivity index (χ0n) is 10.4. The van der Waals surface area contributed by atoms with Gasteiger partial charge in [0, 0.05) is 16.9 Å². The lowest BCUT2D eigenvalue weighted by atomic mass is 9.88. The smallest absolute Gasteiger partial charge is 0.0654 e. The minimum absolute atomic E-state index is 0.0914. The second kappa shape index (κ2) is 4.95. The van der Waals surface area contributed by atoms with E-state index >= 15 is 0 Å². The van der Waals surface area contributed by atoms with Gasteiger partial charge in [-0.3, -0.25) is 0 Å². The van der Waals surface area contributed by atoms with Crippen LogP contribution in [0.15, 0.2) is 28.7 Å². The van der Waals surface area contributed by atoms with E-state index in [1.54, 1.807) is 0 Å². The first-order chi connectivity index (χ1) is 8.72. The predicted molar refractivity (Wildman–Crippen MR) is 76.3 cm³/mol. The Bertz CT molecular complexity index is 409. The van der Waals surface area contributed by atoms with Crippen molar-refractivity contribution in [1.29, 1.82) is 0 Å². The molecule has 1 aromatic rings. The molecule has 4 unspecified atom stereocenters. The predicted octanol–water partition coefficient (Wildman–Crippen LogP) is 2.90. The quantitative estimate of drug-likeness (QED) is 0.898. The Morgan fingerprint density at radius 3 is 2.39 bits per heavy atom. The van der Waals surface area contributed by atoms with Gasteiger partial charge in [0.2, 0.25) is 0 Å². The van der Waals surface area contributed by atoms with E-state index in [0.717, 1.165) is 21.9 Å². The molecular weight excluding hydrogens is 290 g/mol. The van der Waals surface area contributed by atoms with E-state index in [1.807, 2.05) is 12.1 Å². The molecule has 0 aliphatic heterocycles. The van der Waals surface area contributed by atoms with Gasteiger partial charge in [0.15, 0.2) is 0 Å². The summed E-state index contributed by atoms with van der Waals surface area (Å²) in [5, 5.41) is 10.6. The van der Waals surface area contributed by atoms with Gasteiger partial charge in [0.05, 0.1) is 6.10 Å². The van der Waals surface area contributed by atoms with Crippen molar-refractivity contribution in [3.8, 4) is 0 Å². The maximum Gasteiger partial charge on any atom is 0.0654 e. The number of fused-ring (bicyclic) bond motifs is 1. The average molecular weight is 310 g/mol. The van der Waals surface area contributed by atoms with Gasteiger partial charge in [0.1, 0.15) is 0 Å². The summed E-state index contributed by atoms with van der Waals surface area (Å²) in [7, 11) is 0. The summed E-state index contributed by atoms with van der Waals surface area (Å²) in [5.41, 5.74) is 7.05. The molecule has 3 rings (SSSR count). The molecule has 2 fully saturated rings. The van der Waals surface area contributed by atoms with Crippen LogP contribution in [0, 0.1) is 17.8 Å². The van der Waals surface area contributed by atoms with Gasteiger partial charge in [-0.25, -0.2) is 0 Å². The molecule has 0 heterocycles. The van der Waals surface area contributed by atoms with Crippen molar-refractivity contribution in [3.05, 3.63) is 34.3 Å².